The molecular weight excluding hydrogens is 410 g/mol. The van der Waals surface area contributed by atoms with Crippen LogP contribution in [0.3, 0.4) is 0 Å². The topological polar surface area (TPSA) is 70.2 Å². The van der Waals surface area contributed by atoms with Crippen LogP contribution in [0.1, 0.15) is 4.88 Å². The molecule has 7 nitrogen and oxygen atoms in total. The van der Waals surface area contributed by atoms with Gasteiger partial charge in [-0.05, 0) is 24.3 Å². The number of piperazine rings is 1. The fourth-order valence-electron chi connectivity index (χ4n) is 3.62. The summed E-state index contributed by atoms with van der Waals surface area (Å²) in [4.78, 5) is 17.6. The van der Waals surface area contributed by atoms with Crippen LogP contribution in [0.2, 0.25) is 0 Å². The van der Waals surface area contributed by atoms with E-state index in [1.807, 2.05) is 23.1 Å². The van der Waals surface area contributed by atoms with Crippen LogP contribution in [0, 0.1) is 0 Å². The summed E-state index contributed by atoms with van der Waals surface area (Å²) >= 11 is 1.19. The zero-order valence-electron chi connectivity index (χ0n) is 16.2. The Balaban J connectivity index is 1.34. The molecule has 0 bridgehead atoms. The van der Waals surface area contributed by atoms with Gasteiger partial charge in [0.2, 0.25) is 5.91 Å². The van der Waals surface area contributed by atoms with Gasteiger partial charge in [0.25, 0.3) is 10.0 Å². The highest BCUT2D eigenvalue weighted by molar-refractivity contribution is 7.91. The number of rotatable bonds is 5. The Bertz CT molecular complexity index is 932. The minimum absolute atomic E-state index is 0.0508. The molecule has 0 saturated carbocycles. The van der Waals surface area contributed by atoms with Crippen LogP contribution in [0.15, 0.2) is 46.7 Å². The molecular formula is C20H25N3O4S2. The van der Waals surface area contributed by atoms with Crippen molar-refractivity contribution in [2.24, 2.45) is 0 Å². The van der Waals surface area contributed by atoms with E-state index in [4.69, 9.17) is 4.74 Å². The lowest BCUT2D eigenvalue weighted by molar-refractivity contribution is -0.130. The highest BCUT2D eigenvalue weighted by Gasteiger charge is 2.28. The van der Waals surface area contributed by atoms with E-state index in [1.54, 1.807) is 12.1 Å². The van der Waals surface area contributed by atoms with Crippen LogP contribution in [0.5, 0.6) is 0 Å². The molecule has 0 spiro atoms. The zero-order valence-corrected chi connectivity index (χ0v) is 17.8. The van der Waals surface area contributed by atoms with Crippen LogP contribution >= 0.6 is 11.3 Å². The van der Waals surface area contributed by atoms with E-state index in [-0.39, 0.29) is 12.3 Å². The monoisotopic (exact) mass is 435 g/mol. The summed E-state index contributed by atoms with van der Waals surface area (Å²) < 4.78 is 32.5. The molecule has 0 unspecified atom stereocenters. The molecule has 1 aromatic carbocycles. The molecule has 2 aromatic rings. The number of thiophene rings is 1. The molecule has 1 aromatic heterocycles. The van der Waals surface area contributed by atoms with Gasteiger partial charge in [-0.25, -0.2) is 8.42 Å². The van der Waals surface area contributed by atoms with E-state index < -0.39 is 10.0 Å². The van der Waals surface area contributed by atoms with Crippen molar-refractivity contribution in [3.63, 3.8) is 0 Å². The van der Waals surface area contributed by atoms with Crippen molar-refractivity contribution in [2.75, 3.05) is 57.4 Å². The van der Waals surface area contributed by atoms with Crippen LogP contribution < -0.4 is 4.90 Å². The van der Waals surface area contributed by atoms with Crippen LogP contribution in [0.25, 0.3) is 0 Å². The molecule has 0 N–H and O–H groups in total. The van der Waals surface area contributed by atoms with Crippen molar-refractivity contribution in [3.05, 3.63) is 47.3 Å². The zero-order chi connectivity index (χ0) is 20.3. The van der Waals surface area contributed by atoms with E-state index in [0.29, 0.717) is 43.6 Å². The van der Waals surface area contributed by atoms with Gasteiger partial charge in [-0.3, -0.25) is 4.79 Å². The van der Waals surface area contributed by atoms with Gasteiger partial charge < -0.3 is 14.5 Å². The summed E-state index contributed by atoms with van der Waals surface area (Å²) in [6, 6.07) is 13.6. The number of hydrogen-bond acceptors (Lipinski definition) is 6. The highest BCUT2D eigenvalue weighted by atomic mass is 32.2. The molecule has 0 atom stereocenters. The van der Waals surface area contributed by atoms with Gasteiger partial charge >= 0.3 is 0 Å². The standard InChI is InChI=1S/C20H25N3O4S2/c24-19(22-10-8-21(9-11-22)17-4-2-1-3-5-17)16-18-6-7-20(28-18)29(25,26)23-12-14-27-15-13-23/h1-7H,8-16H2. The number of nitrogens with zero attached hydrogens (tertiary/aromatic N) is 3. The quantitative estimate of drug-likeness (QED) is 0.715. The number of benzene rings is 1. The maximum Gasteiger partial charge on any atom is 0.252 e. The number of anilines is 1. The van der Waals surface area contributed by atoms with Crippen molar-refractivity contribution in [1.82, 2.24) is 9.21 Å². The van der Waals surface area contributed by atoms with Gasteiger partial charge in [0.05, 0.1) is 19.6 Å². The largest absolute Gasteiger partial charge is 0.379 e. The lowest BCUT2D eigenvalue weighted by Crippen LogP contribution is -2.49. The first kappa shape index (κ1) is 20.3. The predicted octanol–water partition coefficient (Wildman–Crippen LogP) is 1.66. The Hall–Kier alpha value is -1.94. The van der Waals surface area contributed by atoms with Crippen LogP contribution in [-0.2, 0) is 26.0 Å². The van der Waals surface area contributed by atoms with Gasteiger partial charge in [-0.2, -0.15) is 4.31 Å². The molecule has 3 heterocycles. The molecule has 4 rings (SSSR count). The molecule has 0 radical (unpaired) electrons. The fourth-order valence-corrected chi connectivity index (χ4v) is 6.53. The smallest absolute Gasteiger partial charge is 0.252 e. The van der Waals surface area contributed by atoms with Crippen molar-refractivity contribution in [3.8, 4) is 0 Å². The van der Waals surface area contributed by atoms with Crippen molar-refractivity contribution in [2.45, 2.75) is 10.6 Å². The highest BCUT2D eigenvalue weighted by Crippen LogP contribution is 2.26. The minimum atomic E-state index is -3.50. The summed E-state index contributed by atoms with van der Waals surface area (Å²) in [6.45, 7) is 4.56. The van der Waals surface area contributed by atoms with Gasteiger partial charge in [0.15, 0.2) is 0 Å². The summed E-state index contributed by atoms with van der Waals surface area (Å²) in [6.07, 6.45) is 0.245. The van der Waals surface area contributed by atoms with E-state index in [1.165, 1.54) is 21.3 Å². The van der Waals surface area contributed by atoms with E-state index in [2.05, 4.69) is 17.0 Å². The maximum absolute atomic E-state index is 12.7. The normalized spacial score (nSPS) is 18.8. The average molecular weight is 436 g/mol. The fraction of sp³-hybridized carbons (Fsp3) is 0.450. The second-order valence-electron chi connectivity index (χ2n) is 7.12. The number of ether oxygens (including phenoxy) is 1. The Morgan fingerprint density at radius 3 is 2.31 bits per heavy atom. The number of morpholine rings is 1. The Morgan fingerprint density at radius 1 is 0.931 bits per heavy atom. The first-order chi connectivity index (χ1) is 14.0. The number of carbonyl (C=O) groups excluding carboxylic acids is 1. The number of amides is 1. The summed E-state index contributed by atoms with van der Waals surface area (Å²) in [5.41, 5.74) is 1.18. The van der Waals surface area contributed by atoms with Crippen LogP contribution in [0.4, 0.5) is 5.69 Å². The van der Waals surface area contributed by atoms with Crippen molar-refractivity contribution in [1.29, 1.82) is 0 Å². The number of para-hydroxylation sites is 1. The lowest BCUT2D eigenvalue weighted by atomic mass is 10.2. The number of hydrogen-bond donors (Lipinski definition) is 0. The third-order valence-corrected chi connectivity index (χ3v) is 8.73. The van der Waals surface area contributed by atoms with E-state index in [0.717, 1.165) is 18.0 Å². The van der Waals surface area contributed by atoms with Crippen molar-refractivity contribution >= 4 is 33.0 Å². The summed E-state index contributed by atoms with van der Waals surface area (Å²) in [5, 5.41) is 0. The molecule has 9 heteroatoms. The molecule has 2 saturated heterocycles. The summed E-state index contributed by atoms with van der Waals surface area (Å²) in [5.74, 6) is 0.0508. The maximum atomic E-state index is 12.7. The molecule has 156 valence electrons. The first-order valence-corrected chi connectivity index (χ1v) is 12.0. The molecule has 2 aliphatic rings. The average Bonchev–Trinajstić information content (AvgIpc) is 3.24. The van der Waals surface area contributed by atoms with E-state index in [9.17, 15) is 13.2 Å². The SMILES string of the molecule is O=C(Cc1ccc(S(=O)(=O)N2CCOCC2)s1)N1CCN(c2ccccc2)CC1. The first-order valence-electron chi connectivity index (χ1n) is 9.78. The molecule has 1 amide bonds. The Morgan fingerprint density at radius 2 is 1.62 bits per heavy atom. The van der Waals surface area contributed by atoms with Gasteiger partial charge in [-0.1, -0.05) is 18.2 Å². The Labute approximate surface area is 175 Å². The van der Waals surface area contributed by atoms with E-state index >= 15 is 0 Å². The van der Waals surface area contributed by atoms with Gasteiger partial charge in [-0.15, -0.1) is 11.3 Å². The number of carbonyl (C=O) groups is 1. The van der Waals surface area contributed by atoms with Gasteiger partial charge in [0.1, 0.15) is 4.21 Å². The minimum Gasteiger partial charge on any atom is -0.379 e. The summed E-state index contributed by atoms with van der Waals surface area (Å²) in [7, 11) is -3.50. The second kappa shape index (κ2) is 8.83. The lowest BCUT2D eigenvalue weighted by Gasteiger charge is -2.36. The third kappa shape index (κ3) is 4.63. The number of sulfonamides is 1. The predicted molar refractivity (Wildman–Crippen MR) is 113 cm³/mol. The molecule has 0 aliphatic carbocycles. The van der Waals surface area contributed by atoms with Crippen molar-refractivity contribution < 1.29 is 17.9 Å². The van der Waals surface area contributed by atoms with Crippen LogP contribution in [-0.4, -0.2) is 76.0 Å². The molecule has 29 heavy (non-hydrogen) atoms. The van der Waals surface area contributed by atoms with Gasteiger partial charge in [0, 0.05) is 49.8 Å². The third-order valence-electron chi connectivity index (χ3n) is 5.28. The Kier molecular flexibility index (Phi) is 6.19. The second-order valence-corrected chi connectivity index (χ2v) is 10.5. The molecule has 2 fully saturated rings. The molecule has 2 aliphatic heterocycles.